The van der Waals surface area contributed by atoms with E-state index in [0.29, 0.717) is 29.5 Å². The quantitative estimate of drug-likeness (QED) is 0.480. The molecule has 0 saturated carbocycles. The van der Waals surface area contributed by atoms with Crippen LogP contribution in [0.2, 0.25) is 0 Å². The average molecular weight is 340 g/mol. The molecule has 0 aliphatic carbocycles. The summed E-state index contributed by atoms with van der Waals surface area (Å²) < 4.78 is 17.7. The van der Waals surface area contributed by atoms with Crippen molar-refractivity contribution in [2.24, 2.45) is 0 Å². The second kappa shape index (κ2) is 7.91. The number of tetrazole rings is 1. The minimum absolute atomic E-state index is 0.237. The lowest BCUT2D eigenvalue weighted by Crippen LogP contribution is -2.18. The second-order valence-corrected chi connectivity index (χ2v) is 4.89. The van der Waals surface area contributed by atoms with Crippen LogP contribution in [0, 0.1) is 0 Å². The van der Waals surface area contributed by atoms with Gasteiger partial charge in [-0.3, -0.25) is 0 Å². The van der Waals surface area contributed by atoms with Crippen LogP contribution in [0.1, 0.15) is 6.92 Å². The molecule has 3 rings (SSSR count). The molecule has 2 aromatic carbocycles. The van der Waals surface area contributed by atoms with Crippen molar-refractivity contribution in [1.82, 2.24) is 20.2 Å². The molecule has 0 radical (unpaired) electrons. The van der Waals surface area contributed by atoms with E-state index in [1.165, 1.54) is 11.0 Å². The van der Waals surface area contributed by atoms with Crippen LogP contribution in [0.5, 0.6) is 17.2 Å². The first kappa shape index (κ1) is 16.4. The Bertz CT molecular complexity index is 836. The van der Waals surface area contributed by atoms with Gasteiger partial charge in [-0.25, -0.2) is 9.48 Å². The zero-order valence-electron chi connectivity index (χ0n) is 13.5. The van der Waals surface area contributed by atoms with Crippen molar-refractivity contribution in [3.8, 4) is 22.9 Å². The highest BCUT2D eigenvalue weighted by Gasteiger charge is 2.10. The lowest BCUT2D eigenvalue weighted by atomic mass is 10.3. The SMILES string of the molecule is CCOc1ccccc1OCC(=O)Oc1cccc(-n2cnnn2)c1. The van der Waals surface area contributed by atoms with Crippen molar-refractivity contribution >= 4 is 5.97 Å². The predicted octanol–water partition coefficient (Wildman–Crippen LogP) is 2.05. The monoisotopic (exact) mass is 340 g/mol. The molecular weight excluding hydrogens is 324 g/mol. The standard InChI is InChI=1S/C17H16N4O4/c1-2-23-15-8-3-4-9-16(15)24-11-17(22)25-14-7-5-6-13(10-14)21-12-18-19-20-21/h3-10,12H,2,11H2,1H3. The summed E-state index contributed by atoms with van der Waals surface area (Å²) in [4.78, 5) is 12.0. The third kappa shape index (κ3) is 4.31. The van der Waals surface area contributed by atoms with Gasteiger partial charge in [0, 0.05) is 6.07 Å². The predicted molar refractivity (Wildman–Crippen MR) is 87.9 cm³/mol. The average Bonchev–Trinajstić information content (AvgIpc) is 3.16. The van der Waals surface area contributed by atoms with Crippen LogP contribution >= 0.6 is 0 Å². The highest BCUT2D eigenvalue weighted by Crippen LogP contribution is 2.26. The molecule has 8 heteroatoms. The van der Waals surface area contributed by atoms with Crippen molar-refractivity contribution in [2.75, 3.05) is 13.2 Å². The highest BCUT2D eigenvalue weighted by molar-refractivity contribution is 5.74. The van der Waals surface area contributed by atoms with E-state index in [2.05, 4.69) is 15.5 Å². The molecule has 1 aromatic heterocycles. The van der Waals surface area contributed by atoms with Crippen molar-refractivity contribution in [3.05, 3.63) is 54.9 Å². The van der Waals surface area contributed by atoms with Crippen LogP contribution in [0.4, 0.5) is 0 Å². The maximum atomic E-state index is 12.0. The highest BCUT2D eigenvalue weighted by atomic mass is 16.6. The molecule has 0 atom stereocenters. The molecule has 128 valence electrons. The van der Waals surface area contributed by atoms with Crippen LogP contribution in [-0.4, -0.2) is 39.4 Å². The van der Waals surface area contributed by atoms with Gasteiger partial charge in [0.25, 0.3) is 0 Å². The third-order valence-corrected chi connectivity index (χ3v) is 3.16. The van der Waals surface area contributed by atoms with E-state index in [-0.39, 0.29) is 6.61 Å². The maximum absolute atomic E-state index is 12.0. The van der Waals surface area contributed by atoms with Crippen molar-refractivity contribution in [3.63, 3.8) is 0 Å². The van der Waals surface area contributed by atoms with Gasteiger partial charge in [-0.1, -0.05) is 18.2 Å². The van der Waals surface area contributed by atoms with Gasteiger partial charge in [0.15, 0.2) is 18.1 Å². The van der Waals surface area contributed by atoms with Gasteiger partial charge >= 0.3 is 5.97 Å². The first-order valence-corrected chi connectivity index (χ1v) is 7.65. The van der Waals surface area contributed by atoms with E-state index in [1.54, 1.807) is 42.5 Å². The van der Waals surface area contributed by atoms with Crippen LogP contribution in [0.15, 0.2) is 54.9 Å². The van der Waals surface area contributed by atoms with E-state index >= 15 is 0 Å². The Labute approximate surface area is 143 Å². The molecule has 0 amide bonds. The van der Waals surface area contributed by atoms with Gasteiger partial charge in [0.1, 0.15) is 12.1 Å². The number of rotatable bonds is 7. The molecule has 1 heterocycles. The minimum atomic E-state index is -0.528. The summed E-state index contributed by atoms with van der Waals surface area (Å²) in [5, 5.41) is 10.9. The van der Waals surface area contributed by atoms with E-state index in [1.807, 2.05) is 13.0 Å². The number of hydrogen-bond acceptors (Lipinski definition) is 7. The molecular formula is C17H16N4O4. The Balaban J connectivity index is 1.61. The van der Waals surface area contributed by atoms with Gasteiger partial charge in [-0.2, -0.15) is 0 Å². The van der Waals surface area contributed by atoms with Gasteiger partial charge in [0.2, 0.25) is 0 Å². The summed E-state index contributed by atoms with van der Waals surface area (Å²) >= 11 is 0. The van der Waals surface area contributed by atoms with Crippen molar-refractivity contribution in [1.29, 1.82) is 0 Å². The number of para-hydroxylation sites is 2. The third-order valence-electron chi connectivity index (χ3n) is 3.16. The van der Waals surface area contributed by atoms with Crippen LogP contribution in [0.25, 0.3) is 5.69 Å². The summed E-state index contributed by atoms with van der Waals surface area (Å²) in [6.07, 6.45) is 1.45. The fourth-order valence-electron chi connectivity index (χ4n) is 2.11. The van der Waals surface area contributed by atoms with Crippen molar-refractivity contribution < 1.29 is 19.0 Å². The number of carbonyl (C=O) groups is 1. The number of aromatic nitrogens is 4. The molecule has 0 aliphatic rings. The Morgan fingerprint density at radius 3 is 2.60 bits per heavy atom. The largest absolute Gasteiger partial charge is 0.490 e. The van der Waals surface area contributed by atoms with E-state index in [9.17, 15) is 4.79 Å². The summed E-state index contributed by atoms with van der Waals surface area (Å²) in [6.45, 7) is 2.15. The Morgan fingerprint density at radius 1 is 1.08 bits per heavy atom. The van der Waals surface area contributed by atoms with Crippen molar-refractivity contribution in [2.45, 2.75) is 6.92 Å². The lowest BCUT2D eigenvalue weighted by Gasteiger charge is -2.11. The topological polar surface area (TPSA) is 88.4 Å². The normalized spacial score (nSPS) is 10.3. The van der Waals surface area contributed by atoms with Gasteiger partial charge in [-0.05, 0) is 41.6 Å². The summed E-state index contributed by atoms with van der Waals surface area (Å²) in [5.41, 5.74) is 0.679. The first-order valence-electron chi connectivity index (χ1n) is 7.65. The molecule has 3 aromatic rings. The molecule has 0 unspecified atom stereocenters. The summed E-state index contributed by atoms with van der Waals surface area (Å²) in [5.74, 6) is 0.919. The number of carbonyl (C=O) groups excluding carboxylic acids is 1. The Morgan fingerprint density at radius 2 is 1.88 bits per heavy atom. The number of hydrogen-bond donors (Lipinski definition) is 0. The summed E-state index contributed by atoms with van der Waals surface area (Å²) in [7, 11) is 0. The van der Waals surface area contributed by atoms with Gasteiger partial charge < -0.3 is 14.2 Å². The maximum Gasteiger partial charge on any atom is 0.349 e. The molecule has 8 nitrogen and oxygen atoms in total. The second-order valence-electron chi connectivity index (χ2n) is 4.89. The van der Waals surface area contributed by atoms with Crippen LogP contribution in [-0.2, 0) is 4.79 Å². The molecule has 0 bridgehead atoms. The zero-order valence-corrected chi connectivity index (χ0v) is 13.5. The number of esters is 1. The molecule has 0 fully saturated rings. The van der Waals surface area contributed by atoms with Gasteiger partial charge in [0.05, 0.1) is 12.3 Å². The van der Waals surface area contributed by atoms with Crippen LogP contribution < -0.4 is 14.2 Å². The minimum Gasteiger partial charge on any atom is -0.490 e. The fourth-order valence-corrected chi connectivity index (χ4v) is 2.11. The Hall–Kier alpha value is -3.42. The molecule has 0 aliphatic heterocycles. The van der Waals surface area contributed by atoms with Gasteiger partial charge in [-0.15, -0.1) is 5.10 Å². The number of nitrogens with zero attached hydrogens (tertiary/aromatic N) is 4. The summed E-state index contributed by atoms with van der Waals surface area (Å²) in [6, 6.07) is 14.0. The lowest BCUT2D eigenvalue weighted by molar-refractivity contribution is -0.136. The Kier molecular flexibility index (Phi) is 5.20. The molecule has 0 saturated heterocycles. The zero-order chi connectivity index (χ0) is 17.5. The molecule has 25 heavy (non-hydrogen) atoms. The number of benzene rings is 2. The smallest absolute Gasteiger partial charge is 0.349 e. The van der Waals surface area contributed by atoms with Crippen LogP contribution in [0.3, 0.4) is 0 Å². The molecule has 0 spiro atoms. The fraction of sp³-hybridized carbons (Fsp3) is 0.176. The van der Waals surface area contributed by atoms with E-state index < -0.39 is 5.97 Å². The first-order chi connectivity index (χ1) is 12.3. The van der Waals surface area contributed by atoms with E-state index in [4.69, 9.17) is 14.2 Å². The van der Waals surface area contributed by atoms with E-state index in [0.717, 1.165) is 0 Å². The molecule has 0 N–H and O–H groups in total. The number of ether oxygens (including phenoxy) is 3.